The normalized spacial score (nSPS) is 10.6. The topological polar surface area (TPSA) is 70.0 Å². The summed E-state index contributed by atoms with van der Waals surface area (Å²) in [6.07, 6.45) is 3.17. The molecular weight excluding hydrogens is 264 g/mol. The van der Waals surface area contributed by atoms with Gasteiger partial charge in [-0.2, -0.15) is 4.98 Å². The van der Waals surface area contributed by atoms with Crippen LogP contribution in [0, 0.1) is 0 Å². The first kappa shape index (κ1) is 11.8. The first-order chi connectivity index (χ1) is 9.33. The maximum atomic E-state index is 5.28. The molecule has 0 aliphatic heterocycles. The fourth-order valence-electron chi connectivity index (χ4n) is 1.75. The summed E-state index contributed by atoms with van der Waals surface area (Å²) in [6.45, 7) is 0. The molecule has 0 bridgehead atoms. The highest BCUT2D eigenvalue weighted by molar-refractivity contribution is 7.17. The van der Waals surface area contributed by atoms with Crippen LogP contribution in [-0.2, 0) is 0 Å². The van der Waals surface area contributed by atoms with E-state index in [9.17, 15) is 0 Å². The maximum Gasteiger partial charge on any atom is 0.319 e. The Balaban J connectivity index is 2.23. The summed E-state index contributed by atoms with van der Waals surface area (Å²) >= 11 is 1.57. The van der Waals surface area contributed by atoms with Gasteiger partial charge in [0.1, 0.15) is 6.33 Å². The standard InChI is InChI=1S/C12H10N4O2S/c1-17-11-7(5-13-12(16-11)18-2)9-10-8(3-4-19-10)14-6-15-9/h3-6H,1-2H3. The molecule has 0 spiro atoms. The zero-order valence-electron chi connectivity index (χ0n) is 10.3. The molecule has 0 aliphatic rings. The van der Waals surface area contributed by atoms with E-state index in [0.29, 0.717) is 5.88 Å². The minimum absolute atomic E-state index is 0.261. The van der Waals surface area contributed by atoms with Gasteiger partial charge in [0.05, 0.1) is 35.7 Å². The summed E-state index contributed by atoms with van der Waals surface area (Å²) in [5, 5.41) is 1.97. The summed E-state index contributed by atoms with van der Waals surface area (Å²) in [5.41, 5.74) is 2.38. The van der Waals surface area contributed by atoms with E-state index in [4.69, 9.17) is 9.47 Å². The van der Waals surface area contributed by atoms with Crippen molar-refractivity contribution in [2.75, 3.05) is 14.2 Å². The molecule has 96 valence electrons. The lowest BCUT2D eigenvalue weighted by Gasteiger charge is -2.08. The molecule has 3 heterocycles. The van der Waals surface area contributed by atoms with Crippen molar-refractivity contribution >= 4 is 21.6 Å². The number of thiophene rings is 1. The molecule has 0 aromatic carbocycles. The molecule has 0 unspecified atom stereocenters. The number of rotatable bonds is 3. The van der Waals surface area contributed by atoms with Crippen molar-refractivity contribution in [3.8, 4) is 23.1 Å². The van der Waals surface area contributed by atoms with Gasteiger partial charge in [0.2, 0.25) is 5.88 Å². The zero-order valence-corrected chi connectivity index (χ0v) is 11.1. The van der Waals surface area contributed by atoms with Crippen molar-refractivity contribution in [3.05, 3.63) is 24.0 Å². The van der Waals surface area contributed by atoms with Gasteiger partial charge in [0, 0.05) is 6.20 Å². The fraction of sp³-hybridized carbons (Fsp3) is 0.167. The van der Waals surface area contributed by atoms with Crippen LogP contribution in [-0.4, -0.2) is 34.2 Å². The van der Waals surface area contributed by atoms with E-state index in [1.807, 2.05) is 11.4 Å². The minimum atomic E-state index is 0.261. The van der Waals surface area contributed by atoms with Crippen LogP contribution in [0.25, 0.3) is 21.5 Å². The van der Waals surface area contributed by atoms with Gasteiger partial charge in [-0.25, -0.2) is 15.0 Å². The molecule has 0 saturated heterocycles. The maximum absolute atomic E-state index is 5.28. The molecule has 0 atom stereocenters. The van der Waals surface area contributed by atoms with E-state index >= 15 is 0 Å². The lowest BCUT2D eigenvalue weighted by Crippen LogP contribution is -1.98. The quantitative estimate of drug-likeness (QED) is 0.729. The van der Waals surface area contributed by atoms with Crippen molar-refractivity contribution in [2.24, 2.45) is 0 Å². The van der Waals surface area contributed by atoms with Crippen molar-refractivity contribution in [1.82, 2.24) is 19.9 Å². The lowest BCUT2D eigenvalue weighted by atomic mass is 10.2. The van der Waals surface area contributed by atoms with Crippen molar-refractivity contribution in [2.45, 2.75) is 0 Å². The number of nitrogens with zero attached hydrogens (tertiary/aromatic N) is 4. The molecule has 0 radical (unpaired) electrons. The van der Waals surface area contributed by atoms with Crippen LogP contribution in [0.5, 0.6) is 11.9 Å². The van der Waals surface area contributed by atoms with E-state index in [1.165, 1.54) is 13.4 Å². The van der Waals surface area contributed by atoms with E-state index in [2.05, 4.69) is 19.9 Å². The Morgan fingerprint density at radius 1 is 1.11 bits per heavy atom. The molecule has 7 heteroatoms. The Morgan fingerprint density at radius 3 is 2.79 bits per heavy atom. The Bertz CT molecular complexity index is 729. The predicted molar refractivity (Wildman–Crippen MR) is 71.5 cm³/mol. The van der Waals surface area contributed by atoms with Gasteiger partial charge in [-0.15, -0.1) is 11.3 Å². The van der Waals surface area contributed by atoms with Gasteiger partial charge in [-0.05, 0) is 11.4 Å². The van der Waals surface area contributed by atoms with Crippen LogP contribution in [0.15, 0.2) is 24.0 Å². The smallest absolute Gasteiger partial charge is 0.319 e. The second-order valence-electron chi connectivity index (χ2n) is 3.64. The van der Waals surface area contributed by atoms with Crippen molar-refractivity contribution in [3.63, 3.8) is 0 Å². The number of ether oxygens (including phenoxy) is 2. The minimum Gasteiger partial charge on any atom is -0.480 e. The molecular formula is C12H10N4O2S. The van der Waals surface area contributed by atoms with Crippen LogP contribution >= 0.6 is 11.3 Å². The van der Waals surface area contributed by atoms with Crippen LogP contribution in [0.1, 0.15) is 0 Å². The highest BCUT2D eigenvalue weighted by atomic mass is 32.1. The number of aromatic nitrogens is 4. The summed E-state index contributed by atoms with van der Waals surface area (Å²) in [5.74, 6) is 0.431. The fourth-order valence-corrected chi connectivity index (χ4v) is 2.60. The first-order valence-electron chi connectivity index (χ1n) is 5.47. The molecule has 6 nitrogen and oxygen atoms in total. The zero-order chi connectivity index (χ0) is 13.2. The van der Waals surface area contributed by atoms with E-state index in [-0.39, 0.29) is 6.01 Å². The molecule has 19 heavy (non-hydrogen) atoms. The summed E-state index contributed by atoms with van der Waals surface area (Å²) < 4.78 is 11.2. The number of hydrogen-bond acceptors (Lipinski definition) is 7. The third kappa shape index (κ3) is 1.97. The van der Waals surface area contributed by atoms with Gasteiger partial charge in [-0.1, -0.05) is 0 Å². The second-order valence-corrected chi connectivity index (χ2v) is 4.55. The Morgan fingerprint density at radius 2 is 2.00 bits per heavy atom. The highest BCUT2D eigenvalue weighted by Crippen LogP contribution is 2.34. The monoisotopic (exact) mass is 274 g/mol. The molecule has 0 amide bonds. The molecule has 0 saturated carbocycles. The Labute approximate surface area is 113 Å². The molecule has 3 aromatic heterocycles. The highest BCUT2D eigenvalue weighted by Gasteiger charge is 2.15. The third-order valence-electron chi connectivity index (χ3n) is 2.61. The molecule has 0 aliphatic carbocycles. The lowest BCUT2D eigenvalue weighted by molar-refractivity contribution is 0.353. The van der Waals surface area contributed by atoms with Crippen LogP contribution < -0.4 is 9.47 Å². The molecule has 0 N–H and O–H groups in total. The predicted octanol–water partition coefficient (Wildman–Crippen LogP) is 2.17. The SMILES string of the molecule is COc1ncc(-c2ncnc3ccsc23)c(OC)n1. The van der Waals surface area contributed by atoms with E-state index in [1.54, 1.807) is 24.6 Å². The first-order valence-corrected chi connectivity index (χ1v) is 6.35. The molecule has 3 aromatic rings. The third-order valence-corrected chi connectivity index (χ3v) is 3.52. The number of methoxy groups -OCH3 is 2. The van der Waals surface area contributed by atoms with Gasteiger partial charge < -0.3 is 9.47 Å². The summed E-state index contributed by atoms with van der Waals surface area (Å²) in [7, 11) is 3.06. The average molecular weight is 274 g/mol. The van der Waals surface area contributed by atoms with Crippen molar-refractivity contribution < 1.29 is 9.47 Å². The van der Waals surface area contributed by atoms with E-state index in [0.717, 1.165) is 21.5 Å². The van der Waals surface area contributed by atoms with Gasteiger partial charge in [-0.3, -0.25) is 0 Å². The van der Waals surface area contributed by atoms with E-state index < -0.39 is 0 Å². The number of fused-ring (bicyclic) bond motifs is 1. The van der Waals surface area contributed by atoms with Gasteiger partial charge in [0.25, 0.3) is 0 Å². The largest absolute Gasteiger partial charge is 0.480 e. The summed E-state index contributed by atoms with van der Waals surface area (Å²) in [6, 6.07) is 2.21. The van der Waals surface area contributed by atoms with Crippen LogP contribution in [0.4, 0.5) is 0 Å². The summed E-state index contributed by atoms with van der Waals surface area (Å²) in [4.78, 5) is 16.8. The van der Waals surface area contributed by atoms with Crippen molar-refractivity contribution in [1.29, 1.82) is 0 Å². The Kier molecular flexibility index (Phi) is 2.96. The van der Waals surface area contributed by atoms with Gasteiger partial charge in [0.15, 0.2) is 0 Å². The van der Waals surface area contributed by atoms with Gasteiger partial charge >= 0.3 is 6.01 Å². The van der Waals surface area contributed by atoms with Crippen LogP contribution in [0.2, 0.25) is 0 Å². The van der Waals surface area contributed by atoms with Crippen LogP contribution in [0.3, 0.4) is 0 Å². The average Bonchev–Trinajstić information content (AvgIpc) is 2.95. The second kappa shape index (κ2) is 4.77. The number of hydrogen-bond donors (Lipinski definition) is 0. The molecule has 3 rings (SSSR count). The Hall–Kier alpha value is -2.28. The molecule has 0 fully saturated rings.